The highest BCUT2D eigenvalue weighted by atomic mass is 16.5. The Labute approximate surface area is 174 Å². The number of nitrogens with zero attached hydrogens (tertiary/aromatic N) is 1. The molecule has 156 valence electrons. The fraction of sp³-hybridized carbons (Fsp3) is 0.227. The minimum Gasteiger partial charge on any atom is -0.494 e. The molecule has 3 rings (SSSR count). The van der Waals surface area contributed by atoms with Gasteiger partial charge in [-0.25, -0.2) is 9.69 Å². The van der Waals surface area contributed by atoms with Crippen LogP contribution in [0.4, 0.5) is 10.5 Å². The van der Waals surface area contributed by atoms with Crippen LogP contribution in [0.15, 0.2) is 42.0 Å². The van der Waals surface area contributed by atoms with Crippen LogP contribution >= 0.6 is 0 Å². The van der Waals surface area contributed by atoms with Crippen molar-refractivity contribution in [2.45, 2.75) is 13.8 Å². The molecule has 30 heavy (non-hydrogen) atoms. The quantitative estimate of drug-likeness (QED) is 0.581. The van der Waals surface area contributed by atoms with E-state index in [4.69, 9.17) is 14.2 Å². The fourth-order valence-corrected chi connectivity index (χ4v) is 3.06. The lowest BCUT2D eigenvalue weighted by molar-refractivity contribution is -0.122. The normalized spacial score (nSPS) is 15.3. The van der Waals surface area contributed by atoms with Gasteiger partial charge in [0.2, 0.25) is 0 Å². The molecule has 2 aromatic carbocycles. The smallest absolute Gasteiger partial charge is 0.335 e. The van der Waals surface area contributed by atoms with E-state index in [1.54, 1.807) is 36.4 Å². The second-order valence-corrected chi connectivity index (χ2v) is 6.45. The Morgan fingerprint density at radius 1 is 1.00 bits per heavy atom. The molecular formula is C22H22N2O6. The zero-order chi connectivity index (χ0) is 21.8. The van der Waals surface area contributed by atoms with Gasteiger partial charge in [0.15, 0.2) is 11.5 Å². The van der Waals surface area contributed by atoms with Crippen molar-refractivity contribution in [3.63, 3.8) is 0 Å². The highest BCUT2D eigenvalue weighted by molar-refractivity contribution is 6.39. The molecule has 1 aliphatic heterocycles. The van der Waals surface area contributed by atoms with Crippen LogP contribution in [0, 0.1) is 6.92 Å². The lowest BCUT2D eigenvalue weighted by Gasteiger charge is -2.26. The van der Waals surface area contributed by atoms with Crippen LogP contribution in [0.25, 0.3) is 6.08 Å². The summed E-state index contributed by atoms with van der Waals surface area (Å²) in [4.78, 5) is 38.7. The van der Waals surface area contributed by atoms with Crippen molar-refractivity contribution in [3.05, 3.63) is 53.1 Å². The lowest BCUT2D eigenvalue weighted by atomic mass is 10.0. The molecule has 4 amide bonds. The number of hydrogen-bond acceptors (Lipinski definition) is 6. The van der Waals surface area contributed by atoms with E-state index in [9.17, 15) is 14.4 Å². The van der Waals surface area contributed by atoms with E-state index in [1.165, 1.54) is 20.3 Å². The molecule has 0 unspecified atom stereocenters. The number of amides is 4. The van der Waals surface area contributed by atoms with Crippen LogP contribution in [0.1, 0.15) is 18.1 Å². The molecule has 1 heterocycles. The summed E-state index contributed by atoms with van der Waals surface area (Å²) in [6.45, 7) is 4.16. The van der Waals surface area contributed by atoms with E-state index in [2.05, 4.69) is 5.32 Å². The Hall–Kier alpha value is -3.81. The summed E-state index contributed by atoms with van der Waals surface area (Å²) in [5, 5.41) is 2.21. The lowest BCUT2D eigenvalue weighted by Crippen LogP contribution is -2.54. The van der Waals surface area contributed by atoms with Crippen LogP contribution in [0.5, 0.6) is 17.2 Å². The highest BCUT2D eigenvalue weighted by Gasteiger charge is 2.37. The maximum atomic E-state index is 13.0. The number of urea groups is 1. The standard InChI is InChI=1S/C22H22N2O6/c1-5-30-16-8-6-15(7-9-16)24-21(26)17(20(25)23-22(24)27)11-14-12-19(29-4)18(28-3)10-13(14)2/h6-12H,5H2,1-4H3,(H,23,25,27)/b17-11+. The molecule has 0 saturated carbocycles. The van der Waals surface area contributed by atoms with E-state index >= 15 is 0 Å². The zero-order valence-electron chi connectivity index (χ0n) is 17.1. The van der Waals surface area contributed by atoms with Gasteiger partial charge in [0.1, 0.15) is 11.3 Å². The maximum absolute atomic E-state index is 13.0. The molecule has 1 N–H and O–H groups in total. The van der Waals surface area contributed by atoms with Crippen molar-refractivity contribution in [1.82, 2.24) is 5.32 Å². The largest absolute Gasteiger partial charge is 0.494 e. The third-order valence-electron chi connectivity index (χ3n) is 4.58. The van der Waals surface area contributed by atoms with Crippen LogP contribution in [-0.2, 0) is 9.59 Å². The number of imide groups is 2. The molecule has 1 fully saturated rings. The molecule has 1 saturated heterocycles. The summed E-state index contributed by atoms with van der Waals surface area (Å²) in [6, 6.07) is 9.06. The van der Waals surface area contributed by atoms with E-state index in [-0.39, 0.29) is 5.57 Å². The van der Waals surface area contributed by atoms with Crippen LogP contribution in [0.3, 0.4) is 0 Å². The van der Waals surface area contributed by atoms with E-state index in [0.29, 0.717) is 35.1 Å². The first-order valence-corrected chi connectivity index (χ1v) is 9.26. The van der Waals surface area contributed by atoms with E-state index < -0.39 is 17.8 Å². The molecule has 0 spiro atoms. The first-order chi connectivity index (χ1) is 14.4. The third kappa shape index (κ3) is 3.98. The average molecular weight is 410 g/mol. The predicted octanol–water partition coefficient (Wildman–Crippen LogP) is 3.08. The maximum Gasteiger partial charge on any atom is 0.335 e. The molecule has 0 aromatic heterocycles. The van der Waals surface area contributed by atoms with Crippen LogP contribution in [0.2, 0.25) is 0 Å². The van der Waals surface area contributed by atoms with Gasteiger partial charge in [0, 0.05) is 0 Å². The SMILES string of the molecule is CCOc1ccc(N2C(=O)NC(=O)/C(=C\c3cc(OC)c(OC)cc3C)C2=O)cc1. The molecule has 0 aliphatic carbocycles. The first-order valence-electron chi connectivity index (χ1n) is 9.26. The van der Waals surface area contributed by atoms with Crippen molar-refractivity contribution in [1.29, 1.82) is 0 Å². The number of ether oxygens (including phenoxy) is 3. The number of methoxy groups -OCH3 is 2. The van der Waals surface area contributed by atoms with Gasteiger partial charge in [-0.1, -0.05) is 0 Å². The first kappa shape index (κ1) is 20.9. The number of hydrogen-bond donors (Lipinski definition) is 1. The van der Waals surface area contributed by atoms with Crippen molar-refractivity contribution in [2.24, 2.45) is 0 Å². The Morgan fingerprint density at radius 2 is 1.63 bits per heavy atom. The van der Waals surface area contributed by atoms with Gasteiger partial charge < -0.3 is 14.2 Å². The monoisotopic (exact) mass is 410 g/mol. The number of barbiturate groups is 1. The van der Waals surface area contributed by atoms with Gasteiger partial charge in [-0.05, 0) is 67.4 Å². The van der Waals surface area contributed by atoms with Gasteiger partial charge in [0.05, 0.1) is 26.5 Å². The molecule has 2 aromatic rings. The number of nitrogens with one attached hydrogen (secondary N) is 1. The Kier molecular flexibility index (Phi) is 6.06. The Morgan fingerprint density at radius 3 is 2.23 bits per heavy atom. The third-order valence-corrected chi connectivity index (χ3v) is 4.58. The van der Waals surface area contributed by atoms with E-state index in [0.717, 1.165) is 10.5 Å². The van der Waals surface area contributed by atoms with Gasteiger partial charge in [-0.2, -0.15) is 0 Å². The number of anilines is 1. The van der Waals surface area contributed by atoms with Crippen LogP contribution in [-0.4, -0.2) is 38.7 Å². The summed E-state index contributed by atoms with van der Waals surface area (Å²) in [7, 11) is 3.02. The minimum absolute atomic E-state index is 0.168. The Balaban J connectivity index is 2.00. The summed E-state index contributed by atoms with van der Waals surface area (Å²) >= 11 is 0. The molecule has 8 nitrogen and oxygen atoms in total. The molecule has 1 aliphatic rings. The number of aryl methyl sites for hydroxylation is 1. The number of carbonyl (C=O) groups excluding carboxylic acids is 3. The second-order valence-electron chi connectivity index (χ2n) is 6.45. The average Bonchev–Trinajstić information content (AvgIpc) is 2.73. The van der Waals surface area contributed by atoms with Crippen molar-refractivity contribution >= 4 is 29.6 Å². The van der Waals surface area contributed by atoms with Gasteiger partial charge >= 0.3 is 6.03 Å². The molecular weight excluding hydrogens is 388 g/mol. The predicted molar refractivity (Wildman–Crippen MR) is 111 cm³/mol. The van der Waals surface area contributed by atoms with Gasteiger partial charge in [-0.3, -0.25) is 14.9 Å². The summed E-state index contributed by atoms with van der Waals surface area (Å²) in [5.74, 6) is 0.114. The number of benzene rings is 2. The molecule has 0 atom stereocenters. The number of rotatable bonds is 6. The minimum atomic E-state index is -0.810. The second kappa shape index (κ2) is 8.69. The fourth-order valence-electron chi connectivity index (χ4n) is 3.06. The van der Waals surface area contributed by atoms with Crippen molar-refractivity contribution in [2.75, 3.05) is 25.7 Å². The van der Waals surface area contributed by atoms with E-state index in [1.807, 2.05) is 13.8 Å². The Bertz CT molecular complexity index is 1030. The van der Waals surface area contributed by atoms with Crippen molar-refractivity contribution < 1.29 is 28.6 Å². The summed E-state index contributed by atoms with van der Waals surface area (Å²) < 4.78 is 15.9. The topological polar surface area (TPSA) is 94.2 Å². The summed E-state index contributed by atoms with van der Waals surface area (Å²) in [5.41, 5.74) is 1.51. The highest BCUT2D eigenvalue weighted by Crippen LogP contribution is 2.32. The van der Waals surface area contributed by atoms with Gasteiger partial charge in [0.25, 0.3) is 11.8 Å². The van der Waals surface area contributed by atoms with Gasteiger partial charge in [-0.15, -0.1) is 0 Å². The molecule has 0 bridgehead atoms. The molecule has 8 heteroatoms. The number of carbonyl (C=O) groups is 3. The molecule has 0 radical (unpaired) electrons. The zero-order valence-corrected chi connectivity index (χ0v) is 17.1. The van der Waals surface area contributed by atoms with Crippen LogP contribution < -0.4 is 24.4 Å². The summed E-state index contributed by atoms with van der Waals surface area (Å²) in [6.07, 6.45) is 1.43. The van der Waals surface area contributed by atoms with Crippen molar-refractivity contribution in [3.8, 4) is 17.2 Å².